The highest BCUT2D eigenvalue weighted by Gasteiger charge is 2.32. The second kappa shape index (κ2) is 6.71. The molecule has 1 atom stereocenters. The first-order valence-corrected chi connectivity index (χ1v) is 10.0. The molecule has 0 saturated heterocycles. The van der Waals surface area contributed by atoms with Crippen LogP contribution in [0.25, 0.3) is 28.1 Å². The Bertz CT molecular complexity index is 1590. The fraction of sp³-hybridized carbons (Fsp3) is 0.182. The minimum absolute atomic E-state index is 0.0130. The van der Waals surface area contributed by atoms with Gasteiger partial charge >= 0.3 is 5.69 Å². The van der Waals surface area contributed by atoms with Gasteiger partial charge in [-0.2, -0.15) is 4.98 Å². The van der Waals surface area contributed by atoms with Gasteiger partial charge in [0.1, 0.15) is 17.7 Å². The SMILES string of the molecule is Cn1c(=O)n([C@@H]2CCOc3c(F)ccc(F)c32)c2nc(-n3cnc4ccccc43)ncc21. The number of aromatic nitrogens is 6. The van der Waals surface area contributed by atoms with Crippen LogP contribution in [0, 0.1) is 11.6 Å². The molecule has 160 valence electrons. The first kappa shape index (κ1) is 18.7. The Morgan fingerprint density at radius 2 is 1.88 bits per heavy atom. The largest absolute Gasteiger partial charge is 0.490 e. The van der Waals surface area contributed by atoms with Crippen LogP contribution in [0.3, 0.4) is 0 Å². The summed E-state index contributed by atoms with van der Waals surface area (Å²) in [5.74, 6) is -1.15. The molecule has 0 unspecified atom stereocenters. The van der Waals surface area contributed by atoms with E-state index in [1.165, 1.54) is 9.13 Å². The van der Waals surface area contributed by atoms with Crippen molar-refractivity contribution < 1.29 is 13.5 Å². The summed E-state index contributed by atoms with van der Waals surface area (Å²) in [5.41, 5.74) is 2.00. The topological polar surface area (TPSA) is 79.8 Å². The highest BCUT2D eigenvalue weighted by Crippen LogP contribution is 2.39. The van der Waals surface area contributed by atoms with Gasteiger partial charge in [0.05, 0.1) is 35.4 Å². The van der Waals surface area contributed by atoms with Crippen LogP contribution in [0.5, 0.6) is 5.75 Å². The van der Waals surface area contributed by atoms with Crippen molar-refractivity contribution in [3.05, 3.63) is 76.6 Å². The number of para-hydroxylation sites is 2. The molecule has 1 aliphatic rings. The van der Waals surface area contributed by atoms with E-state index in [0.717, 1.165) is 23.2 Å². The Morgan fingerprint density at radius 3 is 2.75 bits per heavy atom. The number of ether oxygens (including phenoxy) is 1. The van der Waals surface area contributed by atoms with Crippen molar-refractivity contribution in [3.63, 3.8) is 0 Å². The van der Waals surface area contributed by atoms with Crippen LogP contribution in [-0.4, -0.2) is 35.3 Å². The van der Waals surface area contributed by atoms with Gasteiger partial charge in [0.25, 0.3) is 0 Å². The second-order valence-electron chi connectivity index (χ2n) is 7.62. The third-order valence-corrected chi connectivity index (χ3v) is 5.87. The van der Waals surface area contributed by atoms with Gasteiger partial charge in [0.15, 0.2) is 17.2 Å². The fourth-order valence-electron chi connectivity index (χ4n) is 4.32. The Kier molecular flexibility index (Phi) is 3.91. The van der Waals surface area contributed by atoms with Gasteiger partial charge in [-0.25, -0.2) is 23.5 Å². The maximum absolute atomic E-state index is 14.8. The van der Waals surface area contributed by atoms with Crippen LogP contribution < -0.4 is 10.4 Å². The Balaban J connectivity index is 1.61. The van der Waals surface area contributed by atoms with Crippen LogP contribution >= 0.6 is 0 Å². The average Bonchev–Trinajstić information content (AvgIpc) is 3.35. The third kappa shape index (κ3) is 2.52. The summed E-state index contributed by atoms with van der Waals surface area (Å²) in [6.07, 6.45) is 3.45. The van der Waals surface area contributed by atoms with Crippen molar-refractivity contribution >= 4 is 22.2 Å². The van der Waals surface area contributed by atoms with E-state index in [2.05, 4.69) is 15.0 Å². The van der Waals surface area contributed by atoms with E-state index in [-0.39, 0.29) is 17.9 Å². The number of rotatable bonds is 2. The smallest absolute Gasteiger partial charge is 0.330 e. The zero-order valence-electron chi connectivity index (χ0n) is 16.9. The monoisotopic (exact) mass is 434 g/mol. The lowest BCUT2D eigenvalue weighted by Gasteiger charge is -2.27. The number of halogens is 2. The lowest BCUT2D eigenvalue weighted by molar-refractivity contribution is 0.238. The molecule has 0 saturated carbocycles. The summed E-state index contributed by atoms with van der Waals surface area (Å²) >= 11 is 0. The van der Waals surface area contributed by atoms with Crippen molar-refractivity contribution in [1.82, 2.24) is 28.7 Å². The molecule has 0 fully saturated rings. The molecule has 0 radical (unpaired) electrons. The quantitative estimate of drug-likeness (QED) is 0.427. The molecular formula is C22H16F2N6O2. The molecule has 0 N–H and O–H groups in total. The third-order valence-electron chi connectivity index (χ3n) is 5.87. The summed E-state index contributed by atoms with van der Waals surface area (Å²) in [6, 6.07) is 8.83. The molecule has 6 rings (SSSR count). The highest BCUT2D eigenvalue weighted by molar-refractivity contribution is 5.77. The molecule has 5 aromatic rings. The molecule has 0 aliphatic carbocycles. The molecule has 10 heteroatoms. The normalized spacial score (nSPS) is 15.8. The molecule has 3 aromatic heterocycles. The van der Waals surface area contributed by atoms with Crippen LogP contribution in [0.2, 0.25) is 0 Å². The number of hydrogen-bond donors (Lipinski definition) is 0. The summed E-state index contributed by atoms with van der Waals surface area (Å²) in [7, 11) is 1.60. The van der Waals surface area contributed by atoms with Crippen molar-refractivity contribution in [2.75, 3.05) is 6.61 Å². The number of benzene rings is 2. The van der Waals surface area contributed by atoms with E-state index < -0.39 is 23.4 Å². The standard InChI is InChI=1S/C22H16F2N6O2/c1-28-17-10-25-21(29-11-26-14-4-2-3-5-15(14)29)27-20(17)30(22(28)31)16-8-9-32-19-13(24)7-6-12(23)18(16)19/h2-7,10-11,16H,8-9H2,1H3/t16-/m1/s1. The molecule has 0 spiro atoms. The van der Waals surface area contributed by atoms with Gasteiger partial charge in [-0.3, -0.25) is 13.7 Å². The molecule has 8 nitrogen and oxygen atoms in total. The summed E-state index contributed by atoms with van der Waals surface area (Å²) in [5, 5.41) is 0. The number of hydrogen-bond acceptors (Lipinski definition) is 5. The zero-order valence-corrected chi connectivity index (χ0v) is 16.9. The molecule has 4 heterocycles. The first-order chi connectivity index (χ1) is 15.5. The van der Waals surface area contributed by atoms with E-state index in [4.69, 9.17) is 4.74 Å². The van der Waals surface area contributed by atoms with Crippen LogP contribution in [0.4, 0.5) is 8.78 Å². The average molecular weight is 434 g/mol. The molecule has 2 aromatic carbocycles. The molecular weight excluding hydrogens is 418 g/mol. The van der Waals surface area contributed by atoms with E-state index in [9.17, 15) is 13.6 Å². The highest BCUT2D eigenvalue weighted by atomic mass is 19.1. The second-order valence-corrected chi connectivity index (χ2v) is 7.62. The Hall–Kier alpha value is -4.08. The lowest BCUT2D eigenvalue weighted by Crippen LogP contribution is -2.31. The summed E-state index contributed by atoms with van der Waals surface area (Å²) in [6.45, 7) is 0.144. The van der Waals surface area contributed by atoms with Gasteiger partial charge < -0.3 is 4.74 Å². The van der Waals surface area contributed by atoms with Crippen molar-refractivity contribution in [2.45, 2.75) is 12.5 Å². The van der Waals surface area contributed by atoms with Crippen LogP contribution in [-0.2, 0) is 7.05 Å². The molecule has 1 aliphatic heterocycles. The number of nitrogens with zero attached hydrogens (tertiary/aromatic N) is 6. The van der Waals surface area contributed by atoms with Gasteiger partial charge in [0.2, 0.25) is 5.95 Å². The minimum Gasteiger partial charge on any atom is -0.490 e. The minimum atomic E-state index is -0.770. The van der Waals surface area contributed by atoms with E-state index in [1.54, 1.807) is 24.1 Å². The summed E-state index contributed by atoms with van der Waals surface area (Å²) in [4.78, 5) is 26.6. The predicted molar refractivity (Wildman–Crippen MR) is 112 cm³/mol. The van der Waals surface area contributed by atoms with Gasteiger partial charge in [-0.1, -0.05) is 12.1 Å². The van der Waals surface area contributed by atoms with Crippen molar-refractivity contribution in [1.29, 1.82) is 0 Å². The predicted octanol–water partition coefficient (Wildman–Crippen LogP) is 3.12. The maximum atomic E-state index is 14.8. The number of imidazole rings is 2. The van der Waals surface area contributed by atoms with Gasteiger partial charge in [0, 0.05) is 13.5 Å². The molecule has 32 heavy (non-hydrogen) atoms. The van der Waals surface area contributed by atoms with Gasteiger partial charge in [-0.15, -0.1) is 0 Å². The Morgan fingerprint density at radius 1 is 1.06 bits per heavy atom. The number of fused-ring (bicyclic) bond motifs is 3. The van der Waals surface area contributed by atoms with E-state index in [1.807, 2.05) is 24.3 Å². The fourth-order valence-corrected chi connectivity index (χ4v) is 4.32. The van der Waals surface area contributed by atoms with Crippen LogP contribution in [0.1, 0.15) is 18.0 Å². The number of aryl methyl sites for hydroxylation is 1. The van der Waals surface area contributed by atoms with Crippen LogP contribution in [0.15, 0.2) is 53.7 Å². The Labute approximate surface area is 179 Å². The van der Waals surface area contributed by atoms with Crippen molar-refractivity contribution in [2.24, 2.45) is 7.05 Å². The van der Waals surface area contributed by atoms with E-state index >= 15 is 0 Å². The maximum Gasteiger partial charge on any atom is 0.330 e. The van der Waals surface area contributed by atoms with E-state index in [0.29, 0.717) is 23.5 Å². The van der Waals surface area contributed by atoms with Crippen molar-refractivity contribution in [3.8, 4) is 11.7 Å². The molecule has 0 amide bonds. The lowest BCUT2D eigenvalue weighted by atomic mass is 9.99. The van der Waals surface area contributed by atoms with Gasteiger partial charge in [-0.05, 0) is 24.3 Å². The summed E-state index contributed by atoms with van der Waals surface area (Å²) < 4.78 is 39.0. The molecule has 0 bridgehead atoms. The first-order valence-electron chi connectivity index (χ1n) is 10.0. The zero-order chi connectivity index (χ0) is 22.0.